The highest BCUT2D eigenvalue weighted by atomic mass is 32.2. The largest absolute Gasteiger partial charge is 0.492 e. The molecule has 9 heteroatoms. The Bertz CT molecular complexity index is 810. The summed E-state index contributed by atoms with van der Waals surface area (Å²) in [7, 11) is 0. The third kappa shape index (κ3) is 7.21. The molecule has 0 saturated heterocycles. The summed E-state index contributed by atoms with van der Waals surface area (Å²) in [5.74, 6) is 0.460. The van der Waals surface area contributed by atoms with Crippen molar-refractivity contribution in [3.63, 3.8) is 0 Å². The van der Waals surface area contributed by atoms with Gasteiger partial charge in [0.2, 0.25) is 0 Å². The van der Waals surface area contributed by atoms with Crippen molar-refractivity contribution in [1.82, 2.24) is 9.88 Å². The van der Waals surface area contributed by atoms with E-state index in [2.05, 4.69) is 10.3 Å². The zero-order valence-electron chi connectivity index (χ0n) is 16.8. The molecule has 1 heterocycles. The van der Waals surface area contributed by atoms with Gasteiger partial charge in [-0.15, -0.1) is 11.8 Å². The summed E-state index contributed by atoms with van der Waals surface area (Å²) in [5, 5.41) is 12.2. The van der Waals surface area contributed by atoms with Crippen molar-refractivity contribution < 1.29 is 19.4 Å². The van der Waals surface area contributed by atoms with Crippen LogP contribution in [0.5, 0.6) is 5.75 Å². The normalized spacial score (nSPS) is 14.3. The maximum absolute atomic E-state index is 13.0. The second-order valence-electron chi connectivity index (χ2n) is 7.05. The van der Waals surface area contributed by atoms with Crippen LogP contribution in [0.4, 0.5) is 9.93 Å². The first-order valence-corrected chi connectivity index (χ1v) is 12.0. The molecule has 0 spiro atoms. The van der Waals surface area contributed by atoms with Gasteiger partial charge in [0.05, 0.1) is 23.4 Å². The topological polar surface area (TPSA) is 91.8 Å². The number of carbonyl (C=O) groups excluding carboxylic acids is 1. The zero-order chi connectivity index (χ0) is 21.2. The van der Waals surface area contributed by atoms with Gasteiger partial charge in [0, 0.05) is 11.8 Å². The number of ether oxygens (including phenoxy) is 1. The number of aliphatic carboxylic acids is 1. The van der Waals surface area contributed by atoms with Gasteiger partial charge in [-0.3, -0.25) is 10.1 Å². The Morgan fingerprint density at radius 1 is 1.23 bits per heavy atom. The molecule has 1 fully saturated rings. The SMILES string of the molecule is O=C(O)CCSc1cnc(NC(=O)N(CCOc2ccccc2)C2CCCCC2)s1. The third-order valence-corrected chi connectivity index (χ3v) is 6.99. The maximum Gasteiger partial charge on any atom is 0.324 e. The predicted molar refractivity (Wildman–Crippen MR) is 120 cm³/mol. The van der Waals surface area contributed by atoms with Gasteiger partial charge in [-0.1, -0.05) is 48.8 Å². The van der Waals surface area contributed by atoms with Gasteiger partial charge in [-0.05, 0) is 25.0 Å². The highest BCUT2D eigenvalue weighted by molar-refractivity contribution is 8.01. The maximum atomic E-state index is 13.0. The number of nitrogens with zero attached hydrogens (tertiary/aromatic N) is 2. The van der Waals surface area contributed by atoms with E-state index in [-0.39, 0.29) is 18.5 Å². The molecule has 0 bridgehead atoms. The number of para-hydroxylation sites is 1. The average Bonchev–Trinajstić information content (AvgIpc) is 3.19. The smallest absolute Gasteiger partial charge is 0.324 e. The first-order valence-electron chi connectivity index (χ1n) is 10.2. The van der Waals surface area contributed by atoms with Crippen LogP contribution in [0.3, 0.4) is 0 Å². The van der Waals surface area contributed by atoms with Gasteiger partial charge in [0.25, 0.3) is 0 Å². The molecule has 1 aromatic carbocycles. The standard InChI is InChI=1S/C21H27N3O4S2/c25-18(26)11-14-29-19-15-22-20(30-19)23-21(27)24(16-7-3-1-4-8-16)12-13-28-17-9-5-2-6-10-17/h2,5-6,9-10,15-16H,1,3-4,7-8,11-14H2,(H,25,26)(H,22,23,27). The molecule has 2 N–H and O–H groups in total. The molecule has 3 rings (SSSR count). The molecular weight excluding hydrogens is 422 g/mol. The average molecular weight is 450 g/mol. The van der Waals surface area contributed by atoms with E-state index in [1.807, 2.05) is 35.2 Å². The van der Waals surface area contributed by atoms with Crippen LogP contribution in [-0.2, 0) is 4.79 Å². The summed E-state index contributed by atoms with van der Waals surface area (Å²) >= 11 is 2.80. The minimum absolute atomic E-state index is 0.0983. The molecule has 0 radical (unpaired) electrons. The Morgan fingerprint density at radius 2 is 2.00 bits per heavy atom. The Labute approximate surface area is 184 Å². The highest BCUT2D eigenvalue weighted by Gasteiger charge is 2.26. The van der Waals surface area contributed by atoms with E-state index in [0.29, 0.717) is 24.0 Å². The number of hydrogen-bond donors (Lipinski definition) is 2. The molecule has 2 amide bonds. The van der Waals surface area contributed by atoms with Crippen molar-refractivity contribution in [3.05, 3.63) is 36.5 Å². The van der Waals surface area contributed by atoms with E-state index in [4.69, 9.17) is 9.84 Å². The summed E-state index contributed by atoms with van der Waals surface area (Å²) in [6, 6.07) is 9.66. The Balaban J connectivity index is 1.56. The quantitative estimate of drug-likeness (QED) is 0.498. The molecule has 30 heavy (non-hydrogen) atoms. The van der Waals surface area contributed by atoms with Gasteiger partial charge >= 0.3 is 12.0 Å². The van der Waals surface area contributed by atoms with Crippen molar-refractivity contribution in [2.45, 2.75) is 48.8 Å². The number of amides is 2. The van der Waals surface area contributed by atoms with Crippen molar-refractivity contribution in [3.8, 4) is 5.75 Å². The Kier molecular flexibility index (Phi) is 8.82. The summed E-state index contributed by atoms with van der Waals surface area (Å²) in [5.41, 5.74) is 0. The lowest BCUT2D eigenvalue weighted by molar-refractivity contribution is -0.136. The second-order valence-corrected chi connectivity index (χ2v) is 9.48. The number of nitrogens with one attached hydrogen (secondary N) is 1. The third-order valence-electron chi connectivity index (χ3n) is 4.88. The number of anilines is 1. The van der Waals surface area contributed by atoms with Gasteiger partial charge in [0.1, 0.15) is 12.4 Å². The molecular formula is C21H27N3O4S2. The number of benzene rings is 1. The molecule has 0 atom stereocenters. The number of thiazole rings is 1. The molecule has 2 aromatic rings. The van der Waals surface area contributed by atoms with Gasteiger partial charge in [0.15, 0.2) is 5.13 Å². The van der Waals surface area contributed by atoms with Crippen LogP contribution in [0.1, 0.15) is 38.5 Å². The Morgan fingerprint density at radius 3 is 2.73 bits per heavy atom. The van der Waals surface area contributed by atoms with E-state index in [9.17, 15) is 9.59 Å². The number of aromatic nitrogens is 1. The number of carboxylic acid groups (broad SMARTS) is 1. The highest BCUT2D eigenvalue weighted by Crippen LogP contribution is 2.29. The van der Waals surface area contributed by atoms with Crippen molar-refractivity contribution in [2.75, 3.05) is 24.2 Å². The van der Waals surface area contributed by atoms with Crippen molar-refractivity contribution in [2.24, 2.45) is 0 Å². The summed E-state index contributed by atoms with van der Waals surface area (Å²) < 4.78 is 6.70. The van der Waals surface area contributed by atoms with Crippen LogP contribution >= 0.6 is 23.1 Å². The molecule has 0 unspecified atom stereocenters. The fraction of sp³-hybridized carbons (Fsp3) is 0.476. The predicted octanol–water partition coefficient (Wildman–Crippen LogP) is 4.96. The zero-order valence-corrected chi connectivity index (χ0v) is 18.4. The monoisotopic (exact) mass is 449 g/mol. The van der Waals surface area contributed by atoms with Crippen LogP contribution in [0.25, 0.3) is 0 Å². The minimum atomic E-state index is -0.818. The lowest BCUT2D eigenvalue weighted by Crippen LogP contribution is -2.45. The lowest BCUT2D eigenvalue weighted by atomic mass is 9.94. The summed E-state index contributed by atoms with van der Waals surface area (Å²) in [4.78, 5) is 29.8. The molecule has 1 saturated carbocycles. The van der Waals surface area contributed by atoms with Crippen molar-refractivity contribution in [1.29, 1.82) is 0 Å². The number of thioether (sulfide) groups is 1. The molecule has 1 aliphatic rings. The number of hydrogen-bond acceptors (Lipinski definition) is 6. The lowest BCUT2D eigenvalue weighted by Gasteiger charge is -2.34. The number of rotatable bonds is 10. The van der Waals surface area contributed by atoms with Crippen LogP contribution in [-0.4, -0.2) is 51.9 Å². The van der Waals surface area contributed by atoms with Gasteiger partial charge in [-0.2, -0.15) is 0 Å². The van der Waals surface area contributed by atoms with Crippen LogP contribution in [0.15, 0.2) is 40.7 Å². The van der Waals surface area contributed by atoms with Crippen LogP contribution < -0.4 is 10.1 Å². The minimum Gasteiger partial charge on any atom is -0.492 e. The molecule has 1 aliphatic carbocycles. The van der Waals surface area contributed by atoms with Crippen molar-refractivity contribution >= 4 is 40.2 Å². The van der Waals surface area contributed by atoms with Crippen LogP contribution in [0.2, 0.25) is 0 Å². The summed E-state index contributed by atoms with van der Waals surface area (Å²) in [6.45, 7) is 0.944. The molecule has 162 valence electrons. The van der Waals surface area contributed by atoms with Crippen LogP contribution in [0, 0.1) is 0 Å². The first kappa shape index (κ1) is 22.4. The fourth-order valence-corrected chi connectivity index (χ4v) is 5.27. The van der Waals surface area contributed by atoms with Gasteiger partial charge < -0.3 is 14.7 Å². The molecule has 1 aromatic heterocycles. The fourth-order valence-electron chi connectivity index (χ4n) is 3.41. The molecule has 7 nitrogen and oxygen atoms in total. The van der Waals surface area contributed by atoms with E-state index in [1.165, 1.54) is 29.5 Å². The molecule has 0 aliphatic heterocycles. The number of carboxylic acids is 1. The van der Waals surface area contributed by atoms with Gasteiger partial charge in [-0.25, -0.2) is 9.78 Å². The van der Waals surface area contributed by atoms with E-state index < -0.39 is 5.97 Å². The summed E-state index contributed by atoms with van der Waals surface area (Å²) in [6.07, 6.45) is 7.28. The first-order chi connectivity index (χ1) is 14.6. The van der Waals surface area contributed by atoms with E-state index in [0.717, 1.165) is 35.6 Å². The number of carbonyl (C=O) groups is 2. The number of urea groups is 1. The Hall–Kier alpha value is -2.26. The van der Waals surface area contributed by atoms with E-state index >= 15 is 0 Å². The second kappa shape index (κ2) is 11.8. The van der Waals surface area contributed by atoms with E-state index in [1.54, 1.807) is 6.20 Å².